The van der Waals surface area contributed by atoms with Gasteiger partial charge in [0.2, 0.25) is 0 Å². The number of phenols is 1. The quantitative estimate of drug-likeness (QED) is 0.564. The van der Waals surface area contributed by atoms with Gasteiger partial charge in [0.05, 0.1) is 17.4 Å². The van der Waals surface area contributed by atoms with Gasteiger partial charge in [0.25, 0.3) is 0 Å². The van der Waals surface area contributed by atoms with Gasteiger partial charge in [-0.3, -0.25) is 4.68 Å². The van der Waals surface area contributed by atoms with Gasteiger partial charge < -0.3 is 10.2 Å². The first-order valence-electron chi connectivity index (χ1n) is 10.0. The van der Waals surface area contributed by atoms with Gasteiger partial charge in [0.1, 0.15) is 5.75 Å². The first kappa shape index (κ1) is 19.0. The van der Waals surface area contributed by atoms with Crippen LogP contribution in [-0.4, -0.2) is 26.0 Å². The zero-order chi connectivity index (χ0) is 20.2. The number of nitrogens with zero attached hydrogens (tertiary/aromatic N) is 2. The molecule has 1 aliphatic carbocycles. The average Bonchev–Trinajstić information content (AvgIpc) is 3.13. The fourth-order valence-electron chi connectivity index (χ4n) is 4.09. The number of carbonyl (C=O) groups is 1. The van der Waals surface area contributed by atoms with Crippen LogP contribution in [0.5, 0.6) is 5.75 Å². The average molecular weight is 388 g/mol. The fraction of sp³-hybridized carbons (Fsp3) is 0.250. The highest BCUT2D eigenvalue weighted by atomic mass is 16.4. The van der Waals surface area contributed by atoms with Gasteiger partial charge in [-0.2, -0.15) is 5.10 Å². The minimum Gasteiger partial charge on any atom is -0.508 e. The number of phenolic OH excluding ortho intramolecular Hbond substituents is 1. The maximum absolute atomic E-state index is 11.2. The Morgan fingerprint density at radius 2 is 1.66 bits per heavy atom. The molecule has 0 atom stereocenters. The van der Waals surface area contributed by atoms with Gasteiger partial charge >= 0.3 is 5.97 Å². The first-order valence-corrected chi connectivity index (χ1v) is 10.0. The summed E-state index contributed by atoms with van der Waals surface area (Å²) in [5.41, 5.74) is 4.47. The van der Waals surface area contributed by atoms with Crippen LogP contribution in [0.15, 0.2) is 60.7 Å². The number of carboxylic acid groups (broad SMARTS) is 1. The van der Waals surface area contributed by atoms with Gasteiger partial charge in [-0.25, -0.2) is 4.79 Å². The molecule has 1 aromatic heterocycles. The molecule has 1 fully saturated rings. The molecule has 29 heavy (non-hydrogen) atoms. The van der Waals surface area contributed by atoms with E-state index in [0.717, 1.165) is 41.3 Å². The second-order valence-electron chi connectivity index (χ2n) is 7.43. The van der Waals surface area contributed by atoms with E-state index in [1.807, 2.05) is 42.5 Å². The Balaban J connectivity index is 1.97. The predicted octanol–water partition coefficient (Wildman–Crippen LogP) is 5.53. The van der Waals surface area contributed by atoms with Crippen LogP contribution in [0.3, 0.4) is 0 Å². The number of benzene rings is 2. The molecule has 0 saturated heterocycles. The Morgan fingerprint density at radius 1 is 0.966 bits per heavy atom. The smallest absolute Gasteiger partial charge is 0.328 e. The van der Waals surface area contributed by atoms with Gasteiger partial charge in [0.15, 0.2) is 0 Å². The summed E-state index contributed by atoms with van der Waals surface area (Å²) in [5.74, 6) is -0.785. The van der Waals surface area contributed by atoms with Crippen molar-refractivity contribution in [2.45, 2.75) is 38.1 Å². The van der Waals surface area contributed by atoms with Crippen LogP contribution in [-0.2, 0) is 4.79 Å². The van der Waals surface area contributed by atoms with Crippen molar-refractivity contribution in [3.63, 3.8) is 0 Å². The van der Waals surface area contributed by atoms with Crippen LogP contribution < -0.4 is 0 Å². The maximum atomic E-state index is 11.2. The number of aromatic nitrogens is 2. The van der Waals surface area contributed by atoms with Crippen LogP contribution in [0.4, 0.5) is 0 Å². The summed E-state index contributed by atoms with van der Waals surface area (Å²) in [6.07, 6.45) is 8.41. The number of hydrogen-bond acceptors (Lipinski definition) is 3. The van der Waals surface area contributed by atoms with Crippen LogP contribution in [0.2, 0.25) is 0 Å². The highest BCUT2D eigenvalue weighted by molar-refractivity contribution is 5.91. The van der Waals surface area contributed by atoms with Crippen molar-refractivity contribution in [3.05, 3.63) is 66.4 Å². The predicted molar refractivity (Wildman–Crippen MR) is 114 cm³/mol. The van der Waals surface area contributed by atoms with Crippen LogP contribution in [0, 0.1) is 0 Å². The molecular weight excluding hydrogens is 364 g/mol. The second-order valence-corrected chi connectivity index (χ2v) is 7.43. The molecule has 1 saturated carbocycles. The molecule has 4 rings (SSSR count). The highest BCUT2D eigenvalue weighted by Gasteiger charge is 2.25. The largest absolute Gasteiger partial charge is 0.508 e. The lowest BCUT2D eigenvalue weighted by molar-refractivity contribution is -0.131. The van der Waals surface area contributed by atoms with Crippen LogP contribution in [0.25, 0.3) is 28.5 Å². The number of hydrogen-bond donors (Lipinski definition) is 2. The zero-order valence-corrected chi connectivity index (χ0v) is 16.2. The molecule has 1 heterocycles. The van der Waals surface area contributed by atoms with E-state index in [0.29, 0.717) is 5.69 Å². The van der Waals surface area contributed by atoms with Crippen molar-refractivity contribution < 1.29 is 15.0 Å². The van der Waals surface area contributed by atoms with E-state index in [4.69, 9.17) is 10.2 Å². The van der Waals surface area contributed by atoms with E-state index in [9.17, 15) is 9.90 Å². The molecule has 2 aromatic carbocycles. The summed E-state index contributed by atoms with van der Waals surface area (Å²) in [4.78, 5) is 11.2. The molecule has 148 valence electrons. The fourth-order valence-corrected chi connectivity index (χ4v) is 4.09. The lowest BCUT2D eigenvalue weighted by atomic mass is 9.94. The van der Waals surface area contributed by atoms with Crippen molar-refractivity contribution in [2.24, 2.45) is 0 Å². The molecule has 5 heteroatoms. The maximum Gasteiger partial charge on any atom is 0.328 e. The lowest BCUT2D eigenvalue weighted by Crippen LogP contribution is -2.15. The SMILES string of the molecule is O=C(O)C=Cc1nn(C2CCCCC2)c(-c2ccc(O)cc2)c1-c1ccccc1. The number of aromatic hydroxyl groups is 1. The number of rotatable bonds is 5. The Hall–Kier alpha value is -3.34. The van der Waals surface area contributed by atoms with E-state index in [1.165, 1.54) is 19.3 Å². The Kier molecular flexibility index (Phi) is 5.47. The first-order chi connectivity index (χ1) is 14.1. The monoisotopic (exact) mass is 388 g/mol. The van der Waals surface area contributed by atoms with Crippen LogP contribution in [0.1, 0.15) is 43.8 Å². The van der Waals surface area contributed by atoms with Crippen molar-refractivity contribution in [1.82, 2.24) is 9.78 Å². The third kappa shape index (κ3) is 4.09. The minimum absolute atomic E-state index is 0.213. The van der Waals surface area contributed by atoms with E-state index in [1.54, 1.807) is 18.2 Å². The molecule has 5 nitrogen and oxygen atoms in total. The molecular formula is C24H24N2O3. The molecule has 2 N–H and O–H groups in total. The number of carboxylic acids is 1. The van der Waals surface area contributed by atoms with Gasteiger partial charge in [0, 0.05) is 17.2 Å². The molecule has 0 radical (unpaired) electrons. The van der Waals surface area contributed by atoms with Crippen molar-refractivity contribution in [2.75, 3.05) is 0 Å². The summed E-state index contributed by atoms with van der Waals surface area (Å²) in [7, 11) is 0. The molecule has 0 unspecified atom stereocenters. The zero-order valence-electron chi connectivity index (χ0n) is 16.2. The summed E-state index contributed by atoms with van der Waals surface area (Å²) in [6.45, 7) is 0. The van der Waals surface area contributed by atoms with E-state index in [2.05, 4.69) is 4.68 Å². The molecule has 1 aliphatic rings. The van der Waals surface area contributed by atoms with Gasteiger partial charge in [-0.15, -0.1) is 0 Å². The van der Waals surface area contributed by atoms with Gasteiger partial charge in [-0.1, -0.05) is 49.6 Å². The standard InChI is InChI=1S/C24H24N2O3/c27-20-13-11-18(12-14-20)24-23(17-7-3-1-4-8-17)21(15-16-22(28)29)25-26(24)19-9-5-2-6-10-19/h1,3-4,7-8,11-16,19,27H,2,5-6,9-10H2,(H,28,29). The molecule has 3 aromatic rings. The van der Waals surface area contributed by atoms with Crippen molar-refractivity contribution >= 4 is 12.0 Å². The Morgan fingerprint density at radius 3 is 2.31 bits per heavy atom. The normalized spacial score (nSPS) is 15.0. The van der Waals surface area contributed by atoms with E-state index < -0.39 is 5.97 Å². The van der Waals surface area contributed by atoms with E-state index >= 15 is 0 Å². The minimum atomic E-state index is -0.998. The van der Waals surface area contributed by atoms with Crippen molar-refractivity contribution in [1.29, 1.82) is 0 Å². The molecule has 0 bridgehead atoms. The van der Waals surface area contributed by atoms with E-state index in [-0.39, 0.29) is 11.8 Å². The summed E-state index contributed by atoms with van der Waals surface area (Å²) in [6, 6.07) is 17.4. The van der Waals surface area contributed by atoms with Crippen LogP contribution >= 0.6 is 0 Å². The van der Waals surface area contributed by atoms with Crippen molar-refractivity contribution in [3.8, 4) is 28.1 Å². The summed E-state index contributed by atoms with van der Waals surface area (Å²) in [5, 5.41) is 23.8. The van der Waals surface area contributed by atoms with Gasteiger partial charge in [-0.05, 0) is 48.7 Å². The highest BCUT2D eigenvalue weighted by Crippen LogP contribution is 2.40. The summed E-state index contributed by atoms with van der Waals surface area (Å²) >= 11 is 0. The molecule has 0 aliphatic heterocycles. The Labute approximate surface area is 169 Å². The second kappa shape index (κ2) is 8.35. The Bertz CT molecular complexity index is 1010. The third-order valence-corrected chi connectivity index (χ3v) is 5.45. The third-order valence-electron chi connectivity index (χ3n) is 5.45. The lowest BCUT2D eigenvalue weighted by Gasteiger charge is -2.24. The topological polar surface area (TPSA) is 75.3 Å². The summed E-state index contributed by atoms with van der Waals surface area (Å²) < 4.78 is 2.08. The molecule has 0 amide bonds. The number of aliphatic carboxylic acids is 1. The molecule has 0 spiro atoms.